The molecule has 0 aliphatic heterocycles. The van der Waals surface area contributed by atoms with Gasteiger partial charge in [0.1, 0.15) is 11.6 Å². The van der Waals surface area contributed by atoms with Crippen LogP contribution in [0.3, 0.4) is 0 Å². The van der Waals surface area contributed by atoms with E-state index in [0.29, 0.717) is 17.0 Å². The summed E-state index contributed by atoms with van der Waals surface area (Å²) < 4.78 is 13.7. The first kappa shape index (κ1) is 34.7. The van der Waals surface area contributed by atoms with Gasteiger partial charge >= 0.3 is 0 Å². The molecule has 2 aromatic rings. The fourth-order valence-corrected chi connectivity index (χ4v) is 2.53. The van der Waals surface area contributed by atoms with Crippen LogP contribution in [0.4, 0.5) is 10.1 Å². The number of ketones is 1. The summed E-state index contributed by atoms with van der Waals surface area (Å²) in [6.07, 6.45) is 8.71. The molecule has 0 heterocycles. The zero-order valence-corrected chi connectivity index (χ0v) is 24.1. The summed E-state index contributed by atoms with van der Waals surface area (Å²) in [7, 11) is 0. The van der Waals surface area contributed by atoms with Gasteiger partial charge in [0.05, 0.1) is 0 Å². The van der Waals surface area contributed by atoms with Gasteiger partial charge in [0, 0.05) is 22.9 Å². The highest BCUT2D eigenvalue weighted by molar-refractivity contribution is 5.78. The molecule has 1 N–H and O–H groups in total. The second-order valence-electron chi connectivity index (χ2n) is 9.06. The quantitative estimate of drug-likeness (QED) is 0.382. The van der Waals surface area contributed by atoms with E-state index in [9.17, 15) is 9.18 Å². The molecule has 0 aliphatic carbocycles. The van der Waals surface area contributed by atoms with Gasteiger partial charge in [-0.3, -0.25) is 4.79 Å². The van der Waals surface area contributed by atoms with Crippen molar-refractivity contribution in [2.24, 2.45) is 5.92 Å². The van der Waals surface area contributed by atoms with E-state index in [1.54, 1.807) is 19.1 Å². The predicted octanol–water partition coefficient (Wildman–Crippen LogP) is 10.5. The predicted molar refractivity (Wildman–Crippen MR) is 156 cm³/mol. The average Bonchev–Trinajstić information content (AvgIpc) is 2.85. The van der Waals surface area contributed by atoms with Crippen molar-refractivity contribution in [1.82, 2.24) is 0 Å². The average molecular weight is 486 g/mol. The standard InChI is InChI=1S/C16H16FN.C8H16O.2C4H10/c1-11-8-9-15(17)14(10-11)13(3)18-16-7-5-4-6-12(16)2;1-4-5-6-7(2)8(3)9;2*1-3-4-2/h4-10,18H,3H2,1-2H3;7H,4-6H2,1-3H3;2*3-4H2,1-2H3. The Kier molecular flexibility index (Phi) is 21.9. The highest BCUT2D eigenvalue weighted by Crippen LogP contribution is 2.22. The number of hydrogen-bond donors (Lipinski definition) is 1. The van der Waals surface area contributed by atoms with Gasteiger partial charge in [0.2, 0.25) is 0 Å². The van der Waals surface area contributed by atoms with Crippen LogP contribution in [-0.4, -0.2) is 5.78 Å². The third-order valence-corrected chi connectivity index (χ3v) is 5.56. The van der Waals surface area contributed by atoms with Crippen molar-refractivity contribution >= 4 is 17.2 Å². The van der Waals surface area contributed by atoms with Crippen molar-refractivity contribution in [2.45, 2.75) is 107 Å². The molecule has 0 aliphatic rings. The van der Waals surface area contributed by atoms with Gasteiger partial charge in [0.15, 0.2) is 0 Å². The molecule has 0 saturated heterocycles. The van der Waals surface area contributed by atoms with E-state index >= 15 is 0 Å². The molecule has 0 aromatic heterocycles. The summed E-state index contributed by atoms with van der Waals surface area (Å²) >= 11 is 0. The van der Waals surface area contributed by atoms with Crippen LogP contribution in [0.25, 0.3) is 5.70 Å². The van der Waals surface area contributed by atoms with E-state index < -0.39 is 0 Å². The summed E-state index contributed by atoms with van der Waals surface area (Å²) in [6.45, 7) is 22.4. The number of hydrogen-bond acceptors (Lipinski definition) is 2. The van der Waals surface area contributed by atoms with Gasteiger partial charge in [-0.05, 0) is 51.0 Å². The number of anilines is 1. The van der Waals surface area contributed by atoms with Crippen molar-refractivity contribution in [3.05, 3.63) is 71.6 Å². The Morgan fingerprint density at radius 2 is 1.46 bits per heavy atom. The number of halogens is 1. The zero-order chi connectivity index (χ0) is 27.2. The van der Waals surface area contributed by atoms with E-state index in [4.69, 9.17) is 0 Å². The molecular formula is C32H52FNO. The van der Waals surface area contributed by atoms with E-state index in [0.717, 1.165) is 23.2 Å². The van der Waals surface area contributed by atoms with E-state index in [1.807, 2.05) is 45.0 Å². The summed E-state index contributed by atoms with van der Waals surface area (Å²) in [4.78, 5) is 10.6. The summed E-state index contributed by atoms with van der Waals surface area (Å²) in [6, 6.07) is 12.9. The molecule has 0 bridgehead atoms. The smallest absolute Gasteiger partial charge is 0.132 e. The Hall–Kier alpha value is -2.42. The molecule has 35 heavy (non-hydrogen) atoms. The number of aryl methyl sites for hydroxylation is 2. The summed E-state index contributed by atoms with van der Waals surface area (Å²) in [5.41, 5.74) is 4.15. The Balaban J connectivity index is 0. The van der Waals surface area contributed by atoms with Gasteiger partial charge in [-0.2, -0.15) is 0 Å². The first-order chi connectivity index (χ1) is 16.6. The van der Waals surface area contributed by atoms with Crippen LogP contribution < -0.4 is 5.32 Å². The monoisotopic (exact) mass is 485 g/mol. The van der Waals surface area contributed by atoms with Crippen LogP contribution in [0.5, 0.6) is 0 Å². The van der Waals surface area contributed by atoms with E-state index in [2.05, 4.69) is 46.5 Å². The number of rotatable bonds is 9. The maximum atomic E-state index is 13.7. The van der Waals surface area contributed by atoms with Crippen molar-refractivity contribution in [1.29, 1.82) is 0 Å². The summed E-state index contributed by atoms with van der Waals surface area (Å²) in [5, 5.41) is 3.16. The number of benzene rings is 2. The molecule has 3 heteroatoms. The van der Waals surface area contributed by atoms with Crippen LogP contribution >= 0.6 is 0 Å². The third-order valence-electron chi connectivity index (χ3n) is 5.56. The van der Waals surface area contributed by atoms with Crippen LogP contribution in [0.1, 0.15) is 110 Å². The Bertz CT molecular complexity index is 820. The molecule has 0 radical (unpaired) electrons. The number of carbonyl (C=O) groups excluding carboxylic acids is 1. The fraction of sp³-hybridized carbons (Fsp3) is 0.531. The minimum atomic E-state index is -0.258. The Labute approximate surface area is 216 Å². The fourth-order valence-electron chi connectivity index (χ4n) is 2.53. The number of Topliss-reactive ketones (excluding diaryl/α,β-unsaturated/α-hetero) is 1. The van der Waals surface area contributed by atoms with Crippen LogP contribution in [0, 0.1) is 25.6 Å². The topological polar surface area (TPSA) is 29.1 Å². The lowest BCUT2D eigenvalue weighted by molar-refractivity contribution is -0.120. The molecule has 0 fully saturated rings. The number of nitrogens with one attached hydrogen (secondary N) is 1. The van der Waals surface area contributed by atoms with Crippen molar-refractivity contribution < 1.29 is 9.18 Å². The first-order valence-electron chi connectivity index (χ1n) is 13.4. The molecule has 1 unspecified atom stereocenters. The van der Waals surface area contributed by atoms with Crippen LogP contribution in [0.2, 0.25) is 0 Å². The number of unbranched alkanes of at least 4 members (excludes halogenated alkanes) is 3. The molecule has 198 valence electrons. The maximum Gasteiger partial charge on any atom is 0.132 e. The largest absolute Gasteiger partial charge is 0.355 e. The van der Waals surface area contributed by atoms with Gasteiger partial charge in [-0.15, -0.1) is 0 Å². The molecule has 0 saturated carbocycles. The molecule has 0 spiro atoms. The molecule has 2 aromatic carbocycles. The van der Waals surface area contributed by atoms with Crippen LogP contribution in [-0.2, 0) is 4.79 Å². The van der Waals surface area contributed by atoms with Gasteiger partial charge < -0.3 is 5.32 Å². The zero-order valence-electron chi connectivity index (χ0n) is 24.1. The SMILES string of the molecule is C=C(Nc1ccccc1C)c1cc(C)ccc1F.CCCC.CCCC.CCCCC(C)C(C)=O. The number of para-hydroxylation sites is 1. The van der Waals surface area contributed by atoms with Crippen molar-refractivity contribution in [2.75, 3.05) is 5.32 Å². The van der Waals surface area contributed by atoms with Gasteiger partial charge in [0.25, 0.3) is 0 Å². The third kappa shape index (κ3) is 17.6. The maximum absolute atomic E-state index is 13.7. The van der Waals surface area contributed by atoms with E-state index in [-0.39, 0.29) is 11.7 Å². The first-order valence-corrected chi connectivity index (χ1v) is 13.4. The van der Waals surface area contributed by atoms with Gasteiger partial charge in [-0.1, -0.05) is 116 Å². The lowest BCUT2D eigenvalue weighted by Crippen LogP contribution is -2.05. The van der Waals surface area contributed by atoms with Crippen molar-refractivity contribution in [3.63, 3.8) is 0 Å². The van der Waals surface area contributed by atoms with E-state index in [1.165, 1.54) is 44.6 Å². The lowest BCUT2D eigenvalue weighted by atomic mass is 10.0. The molecule has 2 nitrogen and oxygen atoms in total. The van der Waals surface area contributed by atoms with Gasteiger partial charge in [-0.25, -0.2) is 4.39 Å². The Morgan fingerprint density at radius 3 is 1.91 bits per heavy atom. The van der Waals surface area contributed by atoms with Crippen molar-refractivity contribution in [3.8, 4) is 0 Å². The second-order valence-corrected chi connectivity index (χ2v) is 9.06. The molecule has 0 amide bonds. The normalized spacial score (nSPS) is 10.3. The second kappa shape index (κ2) is 22.1. The lowest BCUT2D eigenvalue weighted by Gasteiger charge is -2.13. The minimum Gasteiger partial charge on any atom is -0.355 e. The summed E-state index contributed by atoms with van der Waals surface area (Å²) in [5.74, 6) is 0.347. The molecular weight excluding hydrogens is 433 g/mol. The Morgan fingerprint density at radius 1 is 0.914 bits per heavy atom. The molecule has 2 rings (SSSR count). The highest BCUT2D eigenvalue weighted by Gasteiger charge is 2.07. The number of carbonyl (C=O) groups is 1. The molecule has 1 atom stereocenters. The van der Waals surface area contributed by atoms with Crippen LogP contribution in [0.15, 0.2) is 49.0 Å². The minimum absolute atomic E-state index is 0.258. The highest BCUT2D eigenvalue weighted by atomic mass is 19.1.